The molecule has 2 N–H and O–H groups in total. The van der Waals surface area contributed by atoms with Gasteiger partial charge in [-0.3, -0.25) is 29.9 Å². The lowest BCUT2D eigenvalue weighted by atomic mass is 10.2. The van der Waals surface area contributed by atoms with Gasteiger partial charge in [-0.05, 0) is 128 Å². The van der Waals surface area contributed by atoms with Gasteiger partial charge in [0.15, 0.2) is 9.84 Å². The number of hydrogen-bond acceptors (Lipinski definition) is 18. The van der Waals surface area contributed by atoms with Crippen molar-refractivity contribution in [1.82, 2.24) is 29.9 Å². The zero-order valence-electron chi connectivity index (χ0n) is 43.7. The molecule has 19 nitrogen and oxygen atoms in total. The lowest BCUT2D eigenvalue weighted by Crippen LogP contribution is -2.39. The molecule has 0 saturated carbocycles. The van der Waals surface area contributed by atoms with E-state index in [2.05, 4.69) is 29.9 Å². The van der Waals surface area contributed by atoms with Crippen LogP contribution in [0, 0.1) is 0 Å². The van der Waals surface area contributed by atoms with Gasteiger partial charge in [0.2, 0.25) is 29.1 Å². The van der Waals surface area contributed by atoms with Crippen LogP contribution in [0.3, 0.4) is 0 Å². The number of nitrogens with two attached hydrogens (primary N) is 1. The van der Waals surface area contributed by atoms with Crippen molar-refractivity contribution >= 4 is 94.1 Å². The van der Waals surface area contributed by atoms with Crippen LogP contribution in [0.1, 0.15) is 58.9 Å². The number of fused-ring (bicyclic) bond motifs is 3. The van der Waals surface area contributed by atoms with E-state index in [4.69, 9.17) is 30.6 Å². The third-order valence-corrected chi connectivity index (χ3v) is 18.5. The molecular formula is C55H59ClN8O11S4. The molecular weight excluding hydrogens is 1110 g/mol. The standard InChI is InChI=1S/C20H23N3O5S2.C18H18N2O3S.C14H11N3O.C3H7ClO2S/c1-3-13-29(24,25)23(30(26,27)14-4-2)16-5-7-17(8-6-16)28-18-9-10-19-20(15-18)22-12-11-21-19;1-2-11-24(21,22)13-14-3-5-15(6-4-14)23-16-7-8-17-18(12-16)20-10-9-19-17;15-10-1-3-11(4-2-10)18-12-5-6-13-14(9-12)17-8-7-16-13;1-2-3-7(4,5)6/h5-12,15H,3-4,13-14H2,1-2H3;3-10,12H,2,11,13H2,1H3;1-9H,15H2;2-3H2,1H3. The highest BCUT2D eigenvalue weighted by Gasteiger charge is 2.33. The monoisotopic (exact) mass is 1170 g/mol. The first-order valence-electron chi connectivity index (χ1n) is 24.8. The molecule has 0 spiro atoms. The van der Waals surface area contributed by atoms with E-state index in [1.807, 2.05) is 55.5 Å². The largest absolute Gasteiger partial charge is 0.457 e. The van der Waals surface area contributed by atoms with Crippen molar-refractivity contribution in [3.8, 4) is 34.5 Å². The summed E-state index contributed by atoms with van der Waals surface area (Å²) < 4.78 is 112. The van der Waals surface area contributed by atoms with E-state index in [9.17, 15) is 33.7 Å². The molecule has 0 fully saturated rings. The van der Waals surface area contributed by atoms with Gasteiger partial charge in [0.25, 0.3) is 0 Å². The average Bonchev–Trinajstić information content (AvgIpc) is 3.45. The van der Waals surface area contributed by atoms with Crippen LogP contribution in [-0.4, -0.2) is 86.6 Å². The Hall–Kier alpha value is -7.57. The summed E-state index contributed by atoms with van der Waals surface area (Å²) in [6.45, 7) is 7.00. The van der Waals surface area contributed by atoms with Crippen molar-refractivity contribution in [2.45, 2.75) is 59.1 Å². The van der Waals surface area contributed by atoms with Crippen molar-refractivity contribution in [2.75, 3.05) is 32.5 Å². The van der Waals surface area contributed by atoms with Gasteiger partial charge >= 0.3 is 0 Å². The third kappa shape index (κ3) is 19.1. The van der Waals surface area contributed by atoms with E-state index in [1.165, 1.54) is 24.3 Å². The van der Waals surface area contributed by atoms with Crippen LogP contribution in [0.2, 0.25) is 0 Å². The van der Waals surface area contributed by atoms with Gasteiger partial charge in [-0.25, -0.2) is 33.7 Å². The van der Waals surface area contributed by atoms with Gasteiger partial charge in [0.1, 0.15) is 34.5 Å². The van der Waals surface area contributed by atoms with Gasteiger partial charge in [-0.2, -0.15) is 3.71 Å². The topological polar surface area (TPSA) is 271 Å². The molecule has 416 valence electrons. The lowest BCUT2D eigenvalue weighted by molar-refractivity contribution is 0.483. The van der Waals surface area contributed by atoms with Gasteiger partial charge in [-0.1, -0.05) is 39.8 Å². The van der Waals surface area contributed by atoms with Gasteiger partial charge in [0.05, 0.1) is 67.6 Å². The number of nitrogens with zero attached hydrogens (tertiary/aromatic N) is 7. The molecule has 24 heteroatoms. The number of aromatic nitrogens is 6. The van der Waals surface area contributed by atoms with Crippen molar-refractivity contribution in [3.05, 3.63) is 170 Å². The second-order valence-corrected chi connectivity index (χ2v) is 26.5. The number of ether oxygens (including phenoxy) is 3. The molecule has 0 radical (unpaired) electrons. The molecule has 0 aliphatic rings. The molecule has 3 aromatic heterocycles. The lowest BCUT2D eigenvalue weighted by Gasteiger charge is -2.23. The van der Waals surface area contributed by atoms with Crippen molar-refractivity contribution in [2.24, 2.45) is 0 Å². The molecule has 3 heterocycles. The second-order valence-electron chi connectivity index (χ2n) is 17.3. The maximum Gasteiger partial charge on any atom is 0.248 e. The summed E-state index contributed by atoms with van der Waals surface area (Å²) in [6, 6.07) is 36.7. The highest BCUT2D eigenvalue weighted by molar-refractivity contribution is 8.13. The van der Waals surface area contributed by atoms with Crippen LogP contribution in [0.15, 0.2) is 165 Å². The SMILES string of the molecule is CCCS(=O)(=O)Cc1ccc(Oc2ccc3nccnc3c2)cc1.CCCS(=O)(=O)Cl.CCCS(=O)(=O)N(c1ccc(Oc2ccc3nccnc3c2)cc1)S(=O)(=O)CCC.Nc1ccc(Oc2ccc3nccnc3c2)cc1. The smallest absolute Gasteiger partial charge is 0.248 e. The number of benzene rings is 6. The van der Waals surface area contributed by atoms with E-state index in [0.29, 0.717) is 63.6 Å². The summed E-state index contributed by atoms with van der Waals surface area (Å²) >= 11 is 0. The Balaban J connectivity index is 0.000000184. The van der Waals surface area contributed by atoms with Crippen LogP contribution in [0.4, 0.5) is 11.4 Å². The summed E-state index contributed by atoms with van der Waals surface area (Å²) in [4.78, 5) is 25.3. The zero-order valence-corrected chi connectivity index (χ0v) is 47.7. The van der Waals surface area contributed by atoms with E-state index in [-0.39, 0.29) is 34.5 Å². The van der Waals surface area contributed by atoms with E-state index in [0.717, 1.165) is 44.6 Å². The number of sulfone groups is 1. The van der Waals surface area contributed by atoms with E-state index < -0.39 is 38.9 Å². The second kappa shape index (κ2) is 28.4. The highest BCUT2D eigenvalue weighted by atomic mass is 35.7. The normalized spacial score (nSPS) is 11.5. The van der Waals surface area contributed by atoms with Crippen LogP contribution < -0.4 is 23.7 Å². The molecule has 0 atom stereocenters. The molecule has 9 aromatic rings. The van der Waals surface area contributed by atoms with Crippen LogP contribution in [-0.2, 0) is 44.7 Å². The summed E-state index contributed by atoms with van der Waals surface area (Å²) in [7, 11) is -9.46. The highest BCUT2D eigenvalue weighted by Crippen LogP contribution is 2.30. The van der Waals surface area contributed by atoms with Crippen molar-refractivity contribution in [1.29, 1.82) is 0 Å². The predicted octanol–water partition coefficient (Wildman–Crippen LogP) is 11.4. The first-order valence-corrected chi connectivity index (χ1v) is 32.3. The molecule has 0 saturated heterocycles. The maximum atomic E-state index is 12.7. The fourth-order valence-electron chi connectivity index (χ4n) is 7.31. The number of anilines is 2. The minimum absolute atomic E-state index is 0.0622. The van der Waals surface area contributed by atoms with Crippen molar-refractivity contribution < 1.29 is 47.9 Å². The number of sulfonamides is 2. The van der Waals surface area contributed by atoms with Crippen LogP contribution in [0.5, 0.6) is 34.5 Å². The van der Waals surface area contributed by atoms with Gasteiger partial charge < -0.3 is 19.9 Å². The zero-order chi connectivity index (χ0) is 57.1. The van der Waals surface area contributed by atoms with Crippen LogP contribution in [0.25, 0.3) is 33.1 Å². The van der Waals surface area contributed by atoms with Gasteiger partial charge in [0, 0.05) is 71.7 Å². The summed E-state index contributed by atoms with van der Waals surface area (Å²) in [5.74, 6) is 3.58. The molecule has 6 aromatic carbocycles. The molecule has 0 bridgehead atoms. The Morgan fingerprint density at radius 1 is 0.405 bits per heavy atom. The minimum Gasteiger partial charge on any atom is -0.457 e. The van der Waals surface area contributed by atoms with Crippen molar-refractivity contribution in [3.63, 3.8) is 0 Å². The fourth-order valence-corrected chi connectivity index (χ4v) is 13.8. The van der Waals surface area contributed by atoms with E-state index >= 15 is 0 Å². The first kappa shape index (κ1) is 60.7. The number of halogens is 1. The Morgan fingerprint density at radius 3 is 1.05 bits per heavy atom. The Kier molecular flexibility index (Phi) is 21.8. The molecule has 79 heavy (non-hydrogen) atoms. The third-order valence-electron chi connectivity index (χ3n) is 10.7. The van der Waals surface area contributed by atoms with E-state index in [1.54, 1.807) is 113 Å². The quantitative estimate of drug-likeness (QED) is 0.0582. The molecule has 0 aliphatic carbocycles. The summed E-state index contributed by atoms with van der Waals surface area (Å²) in [5.41, 5.74) is 11.8. The summed E-state index contributed by atoms with van der Waals surface area (Å²) in [5, 5.41) is 0. The number of hydrogen-bond donors (Lipinski definition) is 1. The Bertz CT molecular complexity index is 3870. The first-order chi connectivity index (χ1) is 37.7. The Labute approximate surface area is 465 Å². The average molecular weight is 1170 g/mol. The maximum absolute atomic E-state index is 12.7. The minimum atomic E-state index is -4.01. The fraction of sp³-hybridized carbons (Fsp3) is 0.236. The molecule has 0 amide bonds. The number of nitrogen functional groups attached to an aromatic ring is 1. The molecule has 0 unspecified atom stereocenters. The number of rotatable bonds is 19. The summed E-state index contributed by atoms with van der Waals surface area (Å²) in [6.07, 6.45) is 11.7. The Morgan fingerprint density at radius 2 is 0.722 bits per heavy atom. The molecule has 0 aliphatic heterocycles. The van der Waals surface area contributed by atoms with Gasteiger partial charge in [-0.15, -0.1) is 0 Å². The predicted molar refractivity (Wildman–Crippen MR) is 311 cm³/mol. The molecule has 9 rings (SSSR count). The van der Waals surface area contributed by atoms with Crippen LogP contribution >= 0.6 is 10.7 Å².